The summed E-state index contributed by atoms with van der Waals surface area (Å²) >= 11 is 0. The van der Waals surface area contributed by atoms with Crippen molar-refractivity contribution in [2.24, 2.45) is 0 Å². The van der Waals surface area contributed by atoms with Gasteiger partial charge in [0.05, 0.1) is 13.2 Å². The molecule has 1 fully saturated rings. The van der Waals surface area contributed by atoms with Crippen LogP contribution in [0.3, 0.4) is 0 Å². The Morgan fingerprint density at radius 2 is 1.85 bits per heavy atom. The predicted octanol–water partition coefficient (Wildman–Crippen LogP) is -0.828. The topological polar surface area (TPSA) is 66.8 Å². The van der Waals surface area contributed by atoms with Crippen molar-refractivity contribution in [1.29, 1.82) is 0 Å². The van der Waals surface area contributed by atoms with E-state index >= 15 is 0 Å². The molecule has 0 bridgehead atoms. The molecule has 1 unspecified atom stereocenters. The molecule has 1 saturated heterocycles. The minimum absolute atomic E-state index is 0. The van der Waals surface area contributed by atoms with Crippen molar-refractivity contribution in [3.05, 3.63) is 0 Å². The molecule has 0 spiro atoms. The van der Waals surface area contributed by atoms with Gasteiger partial charge in [-0.05, 0) is 6.92 Å². The summed E-state index contributed by atoms with van der Waals surface area (Å²) in [7, 11) is -3.93. The second kappa shape index (κ2) is 5.65. The first-order valence-corrected chi connectivity index (χ1v) is 5.30. The standard InChI is InChI=1S/C6H13NO4S.Na/c1-6(12(8,9)10)7-2-4-11-5-3-7;/h6H,2-5H2,1H3,(H,8,9,10);. The fourth-order valence-corrected chi connectivity index (χ4v) is 1.72. The minimum atomic E-state index is -3.93. The second-order valence-corrected chi connectivity index (χ2v) is 4.47. The molecule has 5 nitrogen and oxygen atoms in total. The zero-order valence-electron chi connectivity index (χ0n) is 7.93. The number of hydrogen-bond acceptors (Lipinski definition) is 4. The maximum Gasteiger partial charge on any atom is 0.280 e. The van der Waals surface area contributed by atoms with Crippen molar-refractivity contribution in [2.75, 3.05) is 26.3 Å². The van der Waals surface area contributed by atoms with Crippen LogP contribution >= 0.6 is 0 Å². The third-order valence-corrected chi connectivity index (χ3v) is 3.15. The minimum Gasteiger partial charge on any atom is -0.379 e. The van der Waals surface area contributed by atoms with Crippen molar-refractivity contribution >= 4 is 39.7 Å². The van der Waals surface area contributed by atoms with Crippen LogP contribution in [0, 0.1) is 0 Å². The largest absolute Gasteiger partial charge is 0.379 e. The van der Waals surface area contributed by atoms with Crippen molar-refractivity contribution in [2.45, 2.75) is 12.3 Å². The van der Waals surface area contributed by atoms with Gasteiger partial charge >= 0.3 is 0 Å². The van der Waals surface area contributed by atoms with E-state index in [0.717, 1.165) is 0 Å². The number of morpholine rings is 1. The molecule has 1 heterocycles. The summed E-state index contributed by atoms with van der Waals surface area (Å²) < 4.78 is 35.2. The van der Waals surface area contributed by atoms with E-state index in [1.54, 1.807) is 4.90 Å². The molecule has 13 heavy (non-hydrogen) atoms. The second-order valence-electron chi connectivity index (χ2n) is 2.76. The number of rotatable bonds is 2. The Morgan fingerprint density at radius 3 is 2.23 bits per heavy atom. The normalized spacial score (nSPS) is 22.0. The number of nitrogens with zero attached hydrogens (tertiary/aromatic N) is 1. The van der Waals surface area contributed by atoms with Gasteiger partial charge in [-0.3, -0.25) is 9.45 Å². The molecule has 0 saturated carbocycles. The first kappa shape index (κ1) is 13.8. The van der Waals surface area contributed by atoms with Crippen molar-refractivity contribution < 1.29 is 17.7 Å². The van der Waals surface area contributed by atoms with Crippen molar-refractivity contribution in [1.82, 2.24) is 4.90 Å². The Kier molecular flexibility index (Phi) is 6.01. The molecule has 0 aromatic rings. The number of hydrogen-bond donors (Lipinski definition) is 1. The Labute approximate surface area is 100 Å². The molecule has 73 valence electrons. The summed E-state index contributed by atoms with van der Waals surface area (Å²) in [6.45, 7) is 3.64. The maximum atomic E-state index is 10.7. The maximum absolute atomic E-state index is 10.7. The van der Waals surface area contributed by atoms with Gasteiger partial charge in [-0.1, -0.05) is 0 Å². The molecule has 1 atom stereocenters. The fourth-order valence-electron chi connectivity index (χ4n) is 1.13. The molecule has 1 aliphatic rings. The molecule has 0 aromatic carbocycles. The summed E-state index contributed by atoms with van der Waals surface area (Å²) in [5.41, 5.74) is 0. The first-order chi connectivity index (χ1) is 5.52. The van der Waals surface area contributed by atoms with Gasteiger partial charge in [-0.15, -0.1) is 0 Å². The zero-order chi connectivity index (χ0) is 9.19. The van der Waals surface area contributed by atoms with Crippen LogP contribution in [0.25, 0.3) is 0 Å². The van der Waals surface area contributed by atoms with E-state index in [9.17, 15) is 8.42 Å². The van der Waals surface area contributed by atoms with Crippen LogP contribution in [-0.4, -0.2) is 79.1 Å². The first-order valence-electron chi connectivity index (χ1n) is 3.80. The molecule has 1 radical (unpaired) electrons. The van der Waals surface area contributed by atoms with Gasteiger partial charge in [-0.25, -0.2) is 0 Å². The Bertz CT molecular complexity index is 237. The van der Waals surface area contributed by atoms with Crippen LogP contribution in [0.2, 0.25) is 0 Å². The summed E-state index contributed by atoms with van der Waals surface area (Å²) in [5, 5.41) is -0.818. The smallest absolute Gasteiger partial charge is 0.280 e. The van der Waals surface area contributed by atoms with E-state index < -0.39 is 15.5 Å². The van der Waals surface area contributed by atoms with Crippen LogP contribution in [0.4, 0.5) is 0 Å². The molecule has 1 N–H and O–H groups in total. The van der Waals surface area contributed by atoms with Crippen molar-refractivity contribution in [3.63, 3.8) is 0 Å². The summed E-state index contributed by atoms with van der Waals surface area (Å²) in [5.74, 6) is 0. The zero-order valence-corrected chi connectivity index (χ0v) is 10.7. The van der Waals surface area contributed by atoms with Gasteiger partial charge in [0.2, 0.25) is 0 Å². The quantitative estimate of drug-likeness (QED) is 0.484. The Balaban J connectivity index is 0.00000144. The van der Waals surface area contributed by atoms with Crippen LogP contribution in [-0.2, 0) is 14.9 Å². The summed E-state index contributed by atoms with van der Waals surface area (Å²) in [4.78, 5) is 1.68. The van der Waals surface area contributed by atoms with Crippen molar-refractivity contribution in [3.8, 4) is 0 Å². The molecule has 1 aliphatic heterocycles. The van der Waals surface area contributed by atoms with Gasteiger partial charge in [0.1, 0.15) is 5.37 Å². The van der Waals surface area contributed by atoms with E-state index in [1.165, 1.54) is 6.92 Å². The van der Waals surface area contributed by atoms with Gasteiger partial charge in [0.15, 0.2) is 0 Å². The van der Waals surface area contributed by atoms with Crippen LogP contribution in [0.5, 0.6) is 0 Å². The van der Waals surface area contributed by atoms with E-state index in [2.05, 4.69) is 0 Å². The van der Waals surface area contributed by atoms with Gasteiger partial charge in [0.25, 0.3) is 10.1 Å². The molecule has 7 heteroatoms. The molecular formula is C6H13NNaO4S. The Morgan fingerprint density at radius 1 is 1.38 bits per heavy atom. The molecular weight excluding hydrogens is 205 g/mol. The SMILES string of the molecule is CC(N1CCOCC1)S(=O)(=O)O.[Na]. The monoisotopic (exact) mass is 218 g/mol. The van der Waals surface area contributed by atoms with E-state index in [0.29, 0.717) is 26.3 Å². The summed E-state index contributed by atoms with van der Waals surface area (Å²) in [6, 6.07) is 0. The number of ether oxygens (including phenoxy) is 1. The third-order valence-electron chi connectivity index (χ3n) is 1.99. The molecule has 1 rings (SSSR count). The third kappa shape index (κ3) is 4.24. The van der Waals surface area contributed by atoms with E-state index in [-0.39, 0.29) is 29.6 Å². The van der Waals surface area contributed by atoms with Gasteiger partial charge in [-0.2, -0.15) is 8.42 Å². The molecule has 0 aliphatic carbocycles. The van der Waals surface area contributed by atoms with Crippen LogP contribution < -0.4 is 0 Å². The van der Waals surface area contributed by atoms with Gasteiger partial charge < -0.3 is 4.74 Å². The van der Waals surface area contributed by atoms with E-state index in [4.69, 9.17) is 9.29 Å². The van der Waals surface area contributed by atoms with Gasteiger partial charge in [0, 0.05) is 42.6 Å². The predicted molar refractivity (Wildman–Crippen MR) is 49.2 cm³/mol. The van der Waals surface area contributed by atoms with Crippen LogP contribution in [0.1, 0.15) is 6.92 Å². The fraction of sp³-hybridized carbons (Fsp3) is 1.00. The average molecular weight is 218 g/mol. The summed E-state index contributed by atoms with van der Waals surface area (Å²) in [6.07, 6.45) is 0. The van der Waals surface area contributed by atoms with E-state index in [1.807, 2.05) is 0 Å². The average Bonchev–Trinajstić information content (AvgIpc) is 2.03. The Hall–Kier alpha value is 0.830. The molecule has 0 aromatic heterocycles. The van der Waals surface area contributed by atoms with Crippen LogP contribution in [0.15, 0.2) is 0 Å². The molecule has 0 amide bonds.